The van der Waals surface area contributed by atoms with E-state index in [0.29, 0.717) is 5.03 Å². The molecule has 2 bridgehead atoms. The molecule has 0 aromatic rings. The lowest BCUT2D eigenvalue weighted by molar-refractivity contribution is 0.374. The second kappa shape index (κ2) is 4.29. The third-order valence-electron chi connectivity index (χ3n) is 4.26. The topological polar surface area (TPSA) is 0 Å². The Kier molecular flexibility index (Phi) is 3.57. The molecule has 0 aliphatic heterocycles. The fourth-order valence-corrected chi connectivity index (χ4v) is 7.49. The summed E-state index contributed by atoms with van der Waals surface area (Å²) in [6, 6.07) is 0. The van der Waals surface area contributed by atoms with Crippen molar-refractivity contribution in [3.05, 3.63) is 10.1 Å². The first kappa shape index (κ1) is 15.0. The molecule has 3 aliphatic rings. The van der Waals surface area contributed by atoms with Crippen molar-refractivity contribution in [2.75, 3.05) is 0 Å². The summed E-state index contributed by atoms with van der Waals surface area (Å²) in [6.45, 7) is 0. The van der Waals surface area contributed by atoms with E-state index in [0.717, 1.165) is 0 Å². The van der Waals surface area contributed by atoms with E-state index >= 15 is 0 Å². The molecule has 3 rings (SSSR count). The van der Waals surface area contributed by atoms with Crippen LogP contribution in [0.1, 0.15) is 0 Å². The Morgan fingerprint density at radius 1 is 0.833 bits per heavy atom. The smallest absolute Gasteiger partial charge is 0.121 e. The standard InChI is InChI=1S/C10H6Cl8/c11-4-1-2(5(12)7(4)14)9(16)8(15)6(13)3(1)10(9,17)18/h1-5,7H/t1?,2?,3-,4+,5-,7-,9-/m0/s1. The van der Waals surface area contributed by atoms with Crippen molar-refractivity contribution in [3.63, 3.8) is 0 Å². The van der Waals surface area contributed by atoms with Gasteiger partial charge < -0.3 is 0 Å². The van der Waals surface area contributed by atoms with Crippen LogP contribution in [0.15, 0.2) is 10.1 Å². The molecule has 0 spiro atoms. The van der Waals surface area contributed by atoms with Crippen LogP contribution in [-0.4, -0.2) is 25.3 Å². The zero-order valence-corrected chi connectivity index (χ0v) is 14.5. The van der Waals surface area contributed by atoms with E-state index in [1.165, 1.54) is 0 Å². The molecule has 2 saturated carbocycles. The molecule has 7 atom stereocenters. The monoisotopic (exact) mass is 406 g/mol. The fraction of sp³-hybridized carbons (Fsp3) is 0.800. The second-order valence-corrected chi connectivity index (χ2v) is 9.19. The quantitative estimate of drug-likeness (QED) is 0.461. The van der Waals surface area contributed by atoms with Gasteiger partial charge in [-0.3, -0.25) is 0 Å². The first-order valence-electron chi connectivity index (χ1n) is 5.22. The third-order valence-corrected chi connectivity index (χ3v) is 9.28. The lowest BCUT2D eigenvalue weighted by Gasteiger charge is -2.35. The first-order chi connectivity index (χ1) is 8.17. The van der Waals surface area contributed by atoms with Crippen LogP contribution in [0, 0.1) is 17.8 Å². The van der Waals surface area contributed by atoms with Gasteiger partial charge in [-0.2, -0.15) is 0 Å². The maximum Gasteiger partial charge on any atom is 0.150 e. The summed E-state index contributed by atoms with van der Waals surface area (Å²) in [6.07, 6.45) is 0. The SMILES string of the molecule is ClC1=C(Cl)[C@@]2(Cl)C3C([C@@H](Cl)[C@H](Cl)[C@H]3Cl)[C@@H]1C2(Cl)Cl. The number of allylic oxidation sites excluding steroid dienone is 2. The molecule has 0 aromatic carbocycles. The normalized spacial score (nSPS) is 57.3. The molecule has 0 aromatic heterocycles. The minimum absolute atomic E-state index is 0.167. The van der Waals surface area contributed by atoms with Gasteiger partial charge in [0.1, 0.15) is 4.87 Å². The van der Waals surface area contributed by atoms with Crippen LogP contribution in [0.5, 0.6) is 0 Å². The number of halogens is 8. The Balaban J connectivity index is 2.21. The molecule has 8 heteroatoms. The van der Waals surface area contributed by atoms with Gasteiger partial charge in [0.05, 0.1) is 21.2 Å². The minimum atomic E-state index is -1.31. The summed E-state index contributed by atoms with van der Waals surface area (Å²) in [5.41, 5.74) is 0. The van der Waals surface area contributed by atoms with Crippen LogP contribution >= 0.6 is 92.8 Å². The summed E-state index contributed by atoms with van der Waals surface area (Å²) in [5.74, 6) is -0.884. The van der Waals surface area contributed by atoms with Gasteiger partial charge in [-0.1, -0.05) is 46.4 Å². The van der Waals surface area contributed by atoms with Crippen molar-refractivity contribution in [1.82, 2.24) is 0 Å². The Morgan fingerprint density at radius 2 is 1.39 bits per heavy atom. The molecule has 0 heterocycles. The number of alkyl halides is 6. The van der Waals surface area contributed by atoms with E-state index in [1.54, 1.807) is 0 Å². The predicted molar refractivity (Wildman–Crippen MR) is 81.1 cm³/mol. The summed E-state index contributed by atoms with van der Waals surface area (Å²) < 4.78 is -1.31. The number of rotatable bonds is 0. The molecule has 18 heavy (non-hydrogen) atoms. The van der Waals surface area contributed by atoms with Gasteiger partial charge in [0.15, 0.2) is 4.33 Å². The molecule has 0 nitrogen and oxygen atoms in total. The Bertz CT molecular complexity index is 445. The van der Waals surface area contributed by atoms with Gasteiger partial charge in [0, 0.05) is 16.9 Å². The van der Waals surface area contributed by atoms with Crippen molar-refractivity contribution < 1.29 is 0 Å². The van der Waals surface area contributed by atoms with Crippen LogP contribution < -0.4 is 0 Å². The Hall–Kier alpha value is 2.06. The van der Waals surface area contributed by atoms with E-state index in [1.807, 2.05) is 0 Å². The Labute approximate surface area is 145 Å². The minimum Gasteiger partial charge on any atom is -0.121 e. The van der Waals surface area contributed by atoms with E-state index in [4.69, 9.17) is 92.8 Å². The average molecular weight is 410 g/mol. The largest absolute Gasteiger partial charge is 0.150 e. The summed E-state index contributed by atoms with van der Waals surface area (Å²) in [7, 11) is 0. The summed E-state index contributed by atoms with van der Waals surface area (Å²) in [5, 5.41) is -0.613. The van der Waals surface area contributed by atoms with Crippen molar-refractivity contribution in [3.8, 4) is 0 Å². The molecule has 0 amide bonds. The highest BCUT2D eigenvalue weighted by molar-refractivity contribution is 6.60. The number of hydrogen-bond donors (Lipinski definition) is 0. The van der Waals surface area contributed by atoms with E-state index in [2.05, 4.69) is 0 Å². The average Bonchev–Trinajstić information content (AvgIpc) is 2.67. The molecule has 2 unspecified atom stereocenters. The molecule has 2 fully saturated rings. The van der Waals surface area contributed by atoms with Crippen LogP contribution in [0.2, 0.25) is 0 Å². The second-order valence-electron chi connectivity index (χ2n) is 4.91. The highest BCUT2D eigenvalue weighted by atomic mass is 35.5. The predicted octanol–water partition coefficient (Wildman–Crippen LogP) is 5.54. The highest BCUT2D eigenvalue weighted by Crippen LogP contribution is 2.76. The van der Waals surface area contributed by atoms with E-state index in [9.17, 15) is 0 Å². The van der Waals surface area contributed by atoms with Crippen molar-refractivity contribution in [1.29, 1.82) is 0 Å². The van der Waals surface area contributed by atoms with Gasteiger partial charge in [-0.25, -0.2) is 0 Å². The molecule has 0 radical (unpaired) electrons. The fourth-order valence-electron chi connectivity index (χ4n) is 3.49. The van der Waals surface area contributed by atoms with Gasteiger partial charge in [0.2, 0.25) is 0 Å². The summed E-state index contributed by atoms with van der Waals surface area (Å²) in [4.78, 5) is -1.21. The van der Waals surface area contributed by atoms with Crippen molar-refractivity contribution in [2.24, 2.45) is 17.8 Å². The van der Waals surface area contributed by atoms with Crippen LogP contribution in [0.3, 0.4) is 0 Å². The molecule has 102 valence electrons. The highest BCUT2D eigenvalue weighted by Gasteiger charge is 2.79. The maximum atomic E-state index is 6.62. The van der Waals surface area contributed by atoms with Crippen LogP contribution in [-0.2, 0) is 0 Å². The molecular weight excluding hydrogens is 404 g/mol. The van der Waals surface area contributed by atoms with E-state index in [-0.39, 0.29) is 22.2 Å². The van der Waals surface area contributed by atoms with Crippen molar-refractivity contribution in [2.45, 2.75) is 25.3 Å². The summed E-state index contributed by atoms with van der Waals surface area (Å²) >= 11 is 50.7. The van der Waals surface area contributed by atoms with Gasteiger partial charge in [0.25, 0.3) is 0 Å². The lowest BCUT2D eigenvalue weighted by Crippen LogP contribution is -2.44. The zero-order chi connectivity index (χ0) is 13.6. The molecule has 0 saturated heterocycles. The Morgan fingerprint density at radius 3 is 1.94 bits per heavy atom. The van der Waals surface area contributed by atoms with Gasteiger partial charge in [-0.15, -0.1) is 46.4 Å². The van der Waals surface area contributed by atoms with E-state index < -0.39 is 25.9 Å². The van der Waals surface area contributed by atoms with Gasteiger partial charge in [-0.05, 0) is 5.92 Å². The van der Waals surface area contributed by atoms with Crippen LogP contribution in [0.4, 0.5) is 0 Å². The first-order valence-corrected chi connectivity index (χ1v) is 8.41. The number of hydrogen-bond acceptors (Lipinski definition) is 0. The number of fused-ring (bicyclic) bond motifs is 5. The molecule has 0 N–H and O–H groups in total. The maximum absolute atomic E-state index is 6.62. The lowest BCUT2D eigenvalue weighted by atomic mass is 9.85. The molecule has 3 aliphatic carbocycles. The molecular formula is C10H6Cl8. The van der Waals surface area contributed by atoms with Gasteiger partial charge >= 0.3 is 0 Å². The van der Waals surface area contributed by atoms with Crippen molar-refractivity contribution >= 4 is 92.8 Å². The van der Waals surface area contributed by atoms with Crippen LogP contribution in [0.25, 0.3) is 0 Å². The zero-order valence-electron chi connectivity index (χ0n) is 8.49. The third kappa shape index (κ3) is 1.41.